The molecule has 0 aromatic rings. The van der Waals surface area contributed by atoms with E-state index in [2.05, 4.69) is 13.8 Å². The lowest BCUT2D eigenvalue weighted by atomic mass is 10.1. The van der Waals surface area contributed by atoms with E-state index in [4.69, 9.17) is 9.84 Å². The van der Waals surface area contributed by atoms with Crippen molar-refractivity contribution in [3.63, 3.8) is 0 Å². The molecule has 0 aromatic heterocycles. The largest absolute Gasteiger partial charge is 0.479 e. The third-order valence-electron chi connectivity index (χ3n) is 3.35. The summed E-state index contributed by atoms with van der Waals surface area (Å²) in [4.78, 5) is 22.6. The molecule has 1 atom stereocenters. The van der Waals surface area contributed by atoms with E-state index in [1.54, 1.807) is 0 Å². The fourth-order valence-electron chi connectivity index (χ4n) is 2.08. The third kappa shape index (κ3) is 10.8. The van der Waals surface area contributed by atoms with Crippen molar-refractivity contribution in [2.45, 2.75) is 90.6 Å². The predicted molar refractivity (Wildman–Crippen MR) is 79.7 cm³/mol. The Balaban J connectivity index is 3.81. The van der Waals surface area contributed by atoms with Gasteiger partial charge in [-0.05, 0) is 19.3 Å². The molecule has 0 aromatic carbocycles. The zero-order valence-electron chi connectivity index (χ0n) is 13.0. The van der Waals surface area contributed by atoms with E-state index in [1.807, 2.05) is 0 Å². The summed E-state index contributed by atoms with van der Waals surface area (Å²) in [6, 6.07) is 0. The topological polar surface area (TPSA) is 63.6 Å². The first-order chi connectivity index (χ1) is 9.61. The number of carbonyl (C=O) groups excluding carboxylic acids is 1. The second-order valence-electron chi connectivity index (χ2n) is 5.33. The number of rotatable bonds is 13. The van der Waals surface area contributed by atoms with Crippen molar-refractivity contribution in [3.05, 3.63) is 0 Å². The van der Waals surface area contributed by atoms with Crippen molar-refractivity contribution < 1.29 is 19.4 Å². The van der Waals surface area contributed by atoms with Crippen LogP contribution in [-0.4, -0.2) is 23.1 Å². The Bertz CT molecular complexity index is 263. The Kier molecular flexibility index (Phi) is 12.3. The predicted octanol–water partition coefficient (Wildman–Crippen LogP) is 4.31. The first-order valence-electron chi connectivity index (χ1n) is 8.04. The zero-order chi connectivity index (χ0) is 15.2. The van der Waals surface area contributed by atoms with Gasteiger partial charge in [-0.15, -0.1) is 0 Å². The highest BCUT2D eigenvalue weighted by Crippen LogP contribution is 2.12. The Morgan fingerprint density at radius 1 is 0.900 bits per heavy atom. The Hall–Kier alpha value is -1.06. The summed E-state index contributed by atoms with van der Waals surface area (Å²) in [6.45, 7) is 4.22. The molecule has 0 rings (SSSR count). The fraction of sp³-hybridized carbons (Fsp3) is 0.875. The summed E-state index contributed by atoms with van der Waals surface area (Å²) >= 11 is 0. The van der Waals surface area contributed by atoms with Gasteiger partial charge in [0.25, 0.3) is 0 Å². The summed E-state index contributed by atoms with van der Waals surface area (Å²) < 4.78 is 5.05. The summed E-state index contributed by atoms with van der Waals surface area (Å²) in [6.07, 6.45) is 9.17. The van der Waals surface area contributed by atoms with Crippen LogP contribution in [0.3, 0.4) is 0 Å². The van der Waals surface area contributed by atoms with E-state index in [0.29, 0.717) is 12.8 Å². The smallest absolute Gasteiger partial charge is 0.345 e. The minimum atomic E-state index is -1.03. The molecule has 118 valence electrons. The maximum Gasteiger partial charge on any atom is 0.345 e. The molecule has 0 heterocycles. The van der Waals surface area contributed by atoms with Crippen molar-refractivity contribution in [3.8, 4) is 0 Å². The molecule has 4 heteroatoms. The summed E-state index contributed by atoms with van der Waals surface area (Å²) in [5.41, 5.74) is 0. The number of carboxylic acids is 1. The molecule has 4 nitrogen and oxygen atoms in total. The van der Waals surface area contributed by atoms with Gasteiger partial charge in [-0.3, -0.25) is 4.79 Å². The molecule has 0 radical (unpaired) electrons. The molecule has 0 bridgehead atoms. The molecule has 0 spiro atoms. The van der Waals surface area contributed by atoms with E-state index in [0.717, 1.165) is 38.5 Å². The van der Waals surface area contributed by atoms with Gasteiger partial charge in [0.05, 0.1) is 0 Å². The zero-order valence-corrected chi connectivity index (χ0v) is 13.0. The van der Waals surface area contributed by atoms with E-state index >= 15 is 0 Å². The van der Waals surface area contributed by atoms with Crippen molar-refractivity contribution >= 4 is 11.9 Å². The van der Waals surface area contributed by atoms with Crippen molar-refractivity contribution in [2.75, 3.05) is 0 Å². The number of hydrogen-bond donors (Lipinski definition) is 1. The molecule has 20 heavy (non-hydrogen) atoms. The lowest BCUT2D eigenvalue weighted by Crippen LogP contribution is -2.27. The van der Waals surface area contributed by atoms with Gasteiger partial charge in [0.2, 0.25) is 0 Å². The van der Waals surface area contributed by atoms with Crippen LogP contribution in [0, 0.1) is 0 Å². The lowest BCUT2D eigenvalue weighted by molar-refractivity contribution is -0.164. The molecule has 0 aliphatic carbocycles. The number of esters is 1. The van der Waals surface area contributed by atoms with E-state index in [9.17, 15) is 9.59 Å². The van der Waals surface area contributed by atoms with Gasteiger partial charge < -0.3 is 9.84 Å². The standard InChI is InChI=1S/C16H30O4/c1-3-5-7-8-9-11-12-14(16(18)19)20-15(17)13-10-6-4-2/h14H,3-13H2,1-2H3,(H,18,19). The molecule has 0 amide bonds. The van der Waals surface area contributed by atoms with Crippen LogP contribution in [0.25, 0.3) is 0 Å². The molecule has 1 N–H and O–H groups in total. The molecule has 0 saturated carbocycles. The van der Waals surface area contributed by atoms with Crippen molar-refractivity contribution in [2.24, 2.45) is 0 Å². The molecular weight excluding hydrogens is 256 g/mol. The quantitative estimate of drug-likeness (QED) is 0.404. The number of unbranched alkanes of at least 4 members (excludes halogenated alkanes) is 7. The average Bonchev–Trinajstić information content (AvgIpc) is 2.41. The summed E-state index contributed by atoms with van der Waals surface area (Å²) in [7, 11) is 0. The van der Waals surface area contributed by atoms with Crippen LogP contribution in [0.15, 0.2) is 0 Å². The number of aliphatic carboxylic acids is 1. The SMILES string of the molecule is CCCCCCCCC(OC(=O)CCCCC)C(=O)O. The maximum absolute atomic E-state index is 11.5. The van der Waals surface area contributed by atoms with Crippen LogP contribution < -0.4 is 0 Å². The minimum Gasteiger partial charge on any atom is -0.479 e. The van der Waals surface area contributed by atoms with Gasteiger partial charge in [-0.2, -0.15) is 0 Å². The van der Waals surface area contributed by atoms with Gasteiger partial charge in [0.15, 0.2) is 6.10 Å². The number of ether oxygens (including phenoxy) is 1. The fourth-order valence-corrected chi connectivity index (χ4v) is 2.08. The van der Waals surface area contributed by atoms with Crippen LogP contribution >= 0.6 is 0 Å². The van der Waals surface area contributed by atoms with Crippen molar-refractivity contribution in [1.29, 1.82) is 0 Å². The second kappa shape index (κ2) is 12.9. The number of hydrogen-bond acceptors (Lipinski definition) is 3. The van der Waals surface area contributed by atoms with Crippen LogP contribution in [0.2, 0.25) is 0 Å². The van der Waals surface area contributed by atoms with Crippen molar-refractivity contribution in [1.82, 2.24) is 0 Å². The molecule has 0 aliphatic heterocycles. The molecule has 0 aliphatic rings. The molecule has 0 saturated heterocycles. The molecule has 0 fully saturated rings. The number of carboxylic acid groups (broad SMARTS) is 1. The molecule has 1 unspecified atom stereocenters. The Morgan fingerprint density at radius 3 is 2.05 bits per heavy atom. The van der Waals surface area contributed by atoms with Gasteiger partial charge in [-0.1, -0.05) is 58.8 Å². The highest BCUT2D eigenvalue weighted by molar-refractivity contribution is 5.77. The first kappa shape index (κ1) is 18.9. The Morgan fingerprint density at radius 2 is 1.45 bits per heavy atom. The van der Waals surface area contributed by atoms with Gasteiger partial charge in [0.1, 0.15) is 0 Å². The maximum atomic E-state index is 11.5. The van der Waals surface area contributed by atoms with Gasteiger partial charge in [-0.25, -0.2) is 4.79 Å². The van der Waals surface area contributed by atoms with Crippen LogP contribution in [-0.2, 0) is 14.3 Å². The van der Waals surface area contributed by atoms with E-state index < -0.39 is 12.1 Å². The third-order valence-corrected chi connectivity index (χ3v) is 3.35. The lowest BCUT2D eigenvalue weighted by Gasteiger charge is -2.13. The highest BCUT2D eigenvalue weighted by atomic mass is 16.6. The van der Waals surface area contributed by atoms with E-state index in [-0.39, 0.29) is 5.97 Å². The minimum absolute atomic E-state index is 0.327. The van der Waals surface area contributed by atoms with Crippen LogP contribution in [0.1, 0.15) is 84.5 Å². The first-order valence-corrected chi connectivity index (χ1v) is 8.04. The summed E-state index contributed by atoms with van der Waals surface area (Å²) in [5, 5.41) is 9.06. The Labute approximate surface area is 122 Å². The number of carbonyl (C=O) groups is 2. The average molecular weight is 286 g/mol. The summed E-state index contributed by atoms with van der Waals surface area (Å²) in [5.74, 6) is -1.40. The normalized spacial score (nSPS) is 12.1. The molecular formula is C16H30O4. The van der Waals surface area contributed by atoms with Gasteiger partial charge in [0, 0.05) is 6.42 Å². The highest BCUT2D eigenvalue weighted by Gasteiger charge is 2.21. The second-order valence-corrected chi connectivity index (χ2v) is 5.33. The van der Waals surface area contributed by atoms with E-state index in [1.165, 1.54) is 19.3 Å². The van der Waals surface area contributed by atoms with Crippen LogP contribution in [0.5, 0.6) is 0 Å². The van der Waals surface area contributed by atoms with Crippen LogP contribution in [0.4, 0.5) is 0 Å². The monoisotopic (exact) mass is 286 g/mol. The van der Waals surface area contributed by atoms with Gasteiger partial charge >= 0.3 is 11.9 Å².